The third-order valence-electron chi connectivity index (χ3n) is 4.85. The van der Waals surface area contributed by atoms with Gasteiger partial charge in [-0.3, -0.25) is 4.79 Å². The van der Waals surface area contributed by atoms with Gasteiger partial charge in [-0.25, -0.2) is 0 Å². The van der Waals surface area contributed by atoms with E-state index in [1.165, 1.54) is 38.5 Å². The van der Waals surface area contributed by atoms with Gasteiger partial charge >= 0.3 is 5.97 Å². The number of piperidine rings is 1. The molecule has 0 radical (unpaired) electrons. The first-order valence-corrected chi connectivity index (χ1v) is 7.72. The van der Waals surface area contributed by atoms with Gasteiger partial charge in [-0.2, -0.15) is 0 Å². The SMILES string of the molecule is CC(C)NC(CN1CCC2(CCCC2)CC1)C(=O)O. The summed E-state index contributed by atoms with van der Waals surface area (Å²) in [7, 11) is 0. The number of carboxylic acid groups (broad SMARTS) is 1. The number of carbonyl (C=O) groups is 1. The summed E-state index contributed by atoms with van der Waals surface area (Å²) >= 11 is 0. The number of aliphatic carboxylic acids is 1. The fourth-order valence-electron chi connectivity index (χ4n) is 3.70. The molecule has 110 valence electrons. The summed E-state index contributed by atoms with van der Waals surface area (Å²) in [5, 5.41) is 12.4. The fraction of sp³-hybridized carbons (Fsp3) is 0.933. The summed E-state index contributed by atoms with van der Waals surface area (Å²) in [6.45, 7) is 6.79. The van der Waals surface area contributed by atoms with Crippen LogP contribution < -0.4 is 5.32 Å². The van der Waals surface area contributed by atoms with E-state index in [1.54, 1.807) is 0 Å². The zero-order valence-corrected chi connectivity index (χ0v) is 12.3. The van der Waals surface area contributed by atoms with Crippen molar-refractivity contribution in [1.82, 2.24) is 10.2 Å². The van der Waals surface area contributed by atoms with E-state index < -0.39 is 12.0 Å². The minimum Gasteiger partial charge on any atom is -0.480 e. The molecule has 0 aromatic heterocycles. The molecule has 2 N–H and O–H groups in total. The van der Waals surface area contributed by atoms with Crippen molar-refractivity contribution in [2.45, 2.75) is 64.5 Å². The van der Waals surface area contributed by atoms with E-state index in [0.29, 0.717) is 12.0 Å². The molecular weight excluding hydrogens is 240 g/mol. The molecule has 0 bridgehead atoms. The molecule has 1 aliphatic carbocycles. The fourth-order valence-corrected chi connectivity index (χ4v) is 3.70. The lowest BCUT2D eigenvalue weighted by atomic mass is 9.77. The molecule has 1 saturated heterocycles. The van der Waals surface area contributed by atoms with Gasteiger partial charge in [0.2, 0.25) is 0 Å². The quantitative estimate of drug-likeness (QED) is 0.801. The van der Waals surface area contributed by atoms with E-state index >= 15 is 0 Å². The average Bonchev–Trinajstić information content (AvgIpc) is 2.79. The largest absolute Gasteiger partial charge is 0.480 e. The zero-order chi connectivity index (χ0) is 13.9. The Hall–Kier alpha value is -0.610. The topological polar surface area (TPSA) is 52.6 Å². The van der Waals surface area contributed by atoms with Crippen LogP contribution >= 0.6 is 0 Å². The smallest absolute Gasteiger partial charge is 0.322 e. The van der Waals surface area contributed by atoms with Gasteiger partial charge in [0, 0.05) is 12.6 Å². The van der Waals surface area contributed by atoms with Crippen LogP contribution in [0, 0.1) is 5.41 Å². The van der Waals surface area contributed by atoms with Gasteiger partial charge in [-0.1, -0.05) is 26.7 Å². The van der Waals surface area contributed by atoms with Crippen molar-refractivity contribution in [2.24, 2.45) is 5.41 Å². The van der Waals surface area contributed by atoms with E-state index in [1.807, 2.05) is 13.8 Å². The third-order valence-corrected chi connectivity index (χ3v) is 4.85. The number of rotatable bonds is 5. The summed E-state index contributed by atoms with van der Waals surface area (Å²) in [5.74, 6) is -0.727. The number of hydrogen-bond donors (Lipinski definition) is 2. The first-order chi connectivity index (χ1) is 9.01. The van der Waals surface area contributed by atoms with Crippen LogP contribution in [0.15, 0.2) is 0 Å². The minimum absolute atomic E-state index is 0.215. The maximum absolute atomic E-state index is 11.3. The lowest BCUT2D eigenvalue weighted by Crippen LogP contribution is -2.51. The van der Waals surface area contributed by atoms with Crippen molar-refractivity contribution in [3.05, 3.63) is 0 Å². The molecule has 1 atom stereocenters. The standard InChI is InChI=1S/C15H28N2O2/c1-12(2)16-13(14(18)19)11-17-9-7-15(8-10-17)5-3-4-6-15/h12-13,16H,3-11H2,1-2H3,(H,18,19). The van der Waals surface area contributed by atoms with Crippen molar-refractivity contribution in [3.8, 4) is 0 Å². The molecule has 0 aromatic rings. The zero-order valence-electron chi connectivity index (χ0n) is 12.3. The number of nitrogens with one attached hydrogen (secondary N) is 1. The second-order valence-corrected chi connectivity index (χ2v) is 6.72. The second-order valence-electron chi connectivity index (χ2n) is 6.72. The van der Waals surface area contributed by atoms with E-state index in [9.17, 15) is 9.90 Å². The molecule has 1 heterocycles. The Morgan fingerprint density at radius 2 is 1.79 bits per heavy atom. The minimum atomic E-state index is -0.727. The van der Waals surface area contributed by atoms with Crippen LogP contribution in [-0.2, 0) is 4.79 Å². The number of nitrogens with zero attached hydrogens (tertiary/aromatic N) is 1. The van der Waals surface area contributed by atoms with Gasteiger partial charge in [-0.05, 0) is 44.2 Å². The van der Waals surface area contributed by atoms with Crippen LogP contribution in [0.1, 0.15) is 52.4 Å². The highest BCUT2D eigenvalue weighted by molar-refractivity contribution is 5.73. The van der Waals surface area contributed by atoms with Crippen molar-refractivity contribution in [2.75, 3.05) is 19.6 Å². The van der Waals surface area contributed by atoms with E-state index in [4.69, 9.17) is 0 Å². The summed E-state index contributed by atoms with van der Waals surface area (Å²) in [6, 6.07) is -0.218. The highest BCUT2D eigenvalue weighted by Crippen LogP contribution is 2.46. The monoisotopic (exact) mass is 268 g/mol. The van der Waals surface area contributed by atoms with Gasteiger partial charge in [0.25, 0.3) is 0 Å². The summed E-state index contributed by atoms with van der Waals surface area (Å²) in [5.41, 5.74) is 0.612. The Kier molecular flexibility index (Phi) is 4.85. The third kappa shape index (κ3) is 3.93. The highest BCUT2D eigenvalue weighted by atomic mass is 16.4. The highest BCUT2D eigenvalue weighted by Gasteiger charge is 2.37. The predicted octanol–water partition coefficient (Wildman–Crippen LogP) is 2.09. The van der Waals surface area contributed by atoms with E-state index in [2.05, 4.69) is 10.2 Å². The van der Waals surface area contributed by atoms with Crippen molar-refractivity contribution in [3.63, 3.8) is 0 Å². The maximum Gasteiger partial charge on any atom is 0.322 e. The molecular formula is C15H28N2O2. The first kappa shape index (κ1) is 14.8. The average molecular weight is 268 g/mol. The Bertz CT molecular complexity index is 301. The normalized spacial score (nSPS) is 25.0. The molecule has 2 fully saturated rings. The van der Waals surface area contributed by atoms with Crippen molar-refractivity contribution < 1.29 is 9.90 Å². The Morgan fingerprint density at radius 3 is 2.26 bits per heavy atom. The second kappa shape index (κ2) is 6.23. The van der Waals surface area contributed by atoms with Gasteiger partial charge in [-0.15, -0.1) is 0 Å². The van der Waals surface area contributed by atoms with Crippen LogP contribution in [0.4, 0.5) is 0 Å². The Balaban J connectivity index is 1.81. The number of carboxylic acids is 1. The Morgan fingerprint density at radius 1 is 1.21 bits per heavy atom. The lowest BCUT2D eigenvalue weighted by molar-refractivity contribution is -0.140. The van der Waals surface area contributed by atoms with Crippen molar-refractivity contribution in [1.29, 1.82) is 0 Å². The lowest BCUT2D eigenvalue weighted by Gasteiger charge is -2.40. The first-order valence-electron chi connectivity index (χ1n) is 7.72. The molecule has 19 heavy (non-hydrogen) atoms. The molecule has 0 aromatic carbocycles. The molecule has 1 aliphatic heterocycles. The summed E-state index contributed by atoms with van der Waals surface area (Å²) in [6.07, 6.45) is 8.11. The van der Waals surface area contributed by atoms with E-state index in [0.717, 1.165) is 13.1 Å². The molecule has 1 spiro atoms. The van der Waals surface area contributed by atoms with Crippen LogP contribution in [0.2, 0.25) is 0 Å². The van der Waals surface area contributed by atoms with Gasteiger partial charge in [0.05, 0.1) is 0 Å². The number of hydrogen-bond acceptors (Lipinski definition) is 3. The molecule has 1 unspecified atom stereocenters. The maximum atomic E-state index is 11.3. The molecule has 2 aliphatic rings. The molecule has 0 amide bonds. The van der Waals surface area contributed by atoms with Gasteiger partial charge in [0.1, 0.15) is 6.04 Å². The summed E-state index contributed by atoms with van der Waals surface area (Å²) < 4.78 is 0. The molecule has 2 rings (SSSR count). The summed E-state index contributed by atoms with van der Waals surface area (Å²) in [4.78, 5) is 13.6. The molecule has 4 nitrogen and oxygen atoms in total. The molecule has 1 saturated carbocycles. The predicted molar refractivity (Wildman–Crippen MR) is 76.3 cm³/mol. The van der Waals surface area contributed by atoms with Crippen LogP contribution in [0.3, 0.4) is 0 Å². The van der Waals surface area contributed by atoms with E-state index in [-0.39, 0.29) is 6.04 Å². The van der Waals surface area contributed by atoms with Crippen LogP contribution in [0.25, 0.3) is 0 Å². The Labute approximate surface area is 116 Å². The van der Waals surface area contributed by atoms with Gasteiger partial charge in [0.15, 0.2) is 0 Å². The van der Waals surface area contributed by atoms with Crippen LogP contribution in [0.5, 0.6) is 0 Å². The molecule has 4 heteroatoms. The van der Waals surface area contributed by atoms with Crippen LogP contribution in [-0.4, -0.2) is 47.7 Å². The van der Waals surface area contributed by atoms with Crippen molar-refractivity contribution >= 4 is 5.97 Å². The number of likely N-dealkylation sites (tertiary alicyclic amines) is 1. The van der Waals surface area contributed by atoms with Gasteiger partial charge < -0.3 is 15.3 Å².